The Morgan fingerprint density at radius 1 is 0.871 bits per heavy atom. The molecule has 0 aromatic rings. The number of rotatable bonds is 6. The maximum Gasteiger partial charge on any atom is 0.327 e. The van der Waals surface area contributed by atoms with Gasteiger partial charge in [-0.15, -0.1) is 0 Å². The number of carboxylic acids is 1. The number of carbonyl (C=O) groups excluding carboxylic acids is 5. The van der Waals surface area contributed by atoms with Crippen molar-refractivity contribution in [2.24, 2.45) is 0 Å². The van der Waals surface area contributed by atoms with Crippen molar-refractivity contribution < 1.29 is 94.6 Å². The van der Waals surface area contributed by atoms with Crippen LogP contribution >= 0.6 is 0 Å². The van der Waals surface area contributed by atoms with Gasteiger partial charge in [-0.1, -0.05) is 19.6 Å². The first kappa shape index (κ1) is 51.8. The third-order valence-corrected chi connectivity index (χ3v) is 1.78. The number of aldehydes is 1. The maximum atomic E-state index is 10.6. The largest absolute Gasteiger partial charge is 0.478 e. The molecule has 31 heavy (non-hydrogen) atoms. The van der Waals surface area contributed by atoms with E-state index < -0.39 is 23.7 Å². The smallest absolute Gasteiger partial charge is 0.327 e. The van der Waals surface area contributed by atoms with Crippen LogP contribution in [0.2, 0.25) is 0 Å². The summed E-state index contributed by atoms with van der Waals surface area (Å²) in [6.07, 6.45) is 5.85. The van der Waals surface area contributed by atoms with E-state index in [4.69, 9.17) is 9.90 Å². The Labute approximate surface area is 223 Å². The molecule has 0 heterocycles. The van der Waals surface area contributed by atoms with Gasteiger partial charge in [0.05, 0.1) is 20.6 Å². The average Bonchev–Trinajstić information content (AvgIpc) is 2.56. The Hall–Kier alpha value is -1.54. The van der Waals surface area contributed by atoms with Gasteiger partial charge in [0, 0.05) is 63.1 Å². The first-order valence-electron chi connectivity index (χ1n) is 7.45. The average molecular weight is 558 g/mol. The molecule has 178 valence electrons. The van der Waals surface area contributed by atoms with Gasteiger partial charge in [-0.2, -0.15) is 0 Å². The molecule has 0 rings (SSSR count). The van der Waals surface area contributed by atoms with E-state index in [1.165, 1.54) is 33.3 Å². The van der Waals surface area contributed by atoms with Crippen LogP contribution in [0.25, 0.3) is 0 Å². The van der Waals surface area contributed by atoms with Crippen LogP contribution in [0.4, 0.5) is 0 Å². The monoisotopic (exact) mass is 558 g/mol. The van der Waals surface area contributed by atoms with Gasteiger partial charge in [0.1, 0.15) is 12.7 Å². The van der Waals surface area contributed by atoms with Crippen molar-refractivity contribution in [3.05, 3.63) is 38.7 Å². The van der Waals surface area contributed by atoms with E-state index >= 15 is 0 Å². The summed E-state index contributed by atoms with van der Waals surface area (Å²) < 4.78 is 8.43. The molecule has 2 radical (unpaired) electrons. The summed E-state index contributed by atoms with van der Waals surface area (Å²) in [5.74, 6) is -2.57. The molecule has 0 unspecified atom stereocenters. The normalized spacial score (nSPS) is 7.52. The summed E-state index contributed by atoms with van der Waals surface area (Å²) in [5, 5.41) is 7.83. The molecule has 9 nitrogen and oxygen atoms in total. The van der Waals surface area contributed by atoms with E-state index in [2.05, 4.69) is 16.4 Å². The van der Waals surface area contributed by atoms with Gasteiger partial charge in [0.2, 0.25) is 0 Å². The molecular formula is C20H34O9VY-2. The third kappa shape index (κ3) is 73.5. The number of carbonyl (C=O) groups is 6. The Morgan fingerprint density at radius 2 is 1.19 bits per heavy atom. The molecule has 0 amide bonds. The van der Waals surface area contributed by atoms with Crippen molar-refractivity contribution in [1.82, 2.24) is 0 Å². The molecule has 0 aliphatic carbocycles. The van der Waals surface area contributed by atoms with Gasteiger partial charge in [-0.05, 0) is 26.8 Å². The van der Waals surface area contributed by atoms with Gasteiger partial charge in [-0.25, -0.2) is 4.79 Å². The SMILES string of the molecule is C.C/C=C/C(=O)CC(=O)OC.C/C=C/C(=O)O.CC=O.[CH2-]C(=O)CC(=O)OC.[CH3-].[V].[Y]. The first-order chi connectivity index (χ1) is 12.6. The number of Topliss-reactive ketones (excluding diaryl/α,β-unsaturated/α-hetero) is 1. The Bertz CT molecular complexity index is 531. The molecule has 0 saturated carbocycles. The van der Waals surface area contributed by atoms with Gasteiger partial charge in [0.15, 0.2) is 5.78 Å². The molecule has 0 aromatic carbocycles. The summed E-state index contributed by atoms with van der Waals surface area (Å²) in [4.78, 5) is 59.5. The van der Waals surface area contributed by atoms with Crippen molar-refractivity contribution in [2.75, 3.05) is 14.2 Å². The second kappa shape index (κ2) is 42.5. The molecule has 0 aromatic heterocycles. The second-order valence-electron chi connectivity index (χ2n) is 4.08. The third-order valence-electron chi connectivity index (χ3n) is 1.78. The molecule has 0 saturated heterocycles. The summed E-state index contributed by atoms with van der Waals surface area (Å²) in [7, 11) is 2.48. The second-order valence-corrected chi connectivity index (χ2v) is 4.08. The van der Waals surface area contributed by atoms with Crippen molar-refractivity contribution in [1.29, 1.82) is 0 Å². The zero-order valence-corrected chi connectivity index (χ0v) is 22.5. The van der Waals surface area contributed by atoms with E-state index in [0.717, 1.165) is 12.4 Å². The fourth-order valence-electron chi connectivity index (χ4n) is 0.835. The molecule has 0 aliphatic rings. The van der Waals surface area contributed by atoms with Crippen LogP contribution in [0.5, 0.6) is 0 Å². The number of aliphatic carboxylic acids is 1. The van der Waals surface area contributed by atoms with E-state index in [0.29, 0.717) is 0 Å². The van der Waals surface area contributed by atoms with Crippen LogP contribution in [0.1, 0.15) is 41.0 Å². The number of ether oxygens (including phenoxy) is 2. The number of ketones is 2. The predicted molar refractivity (Wildman–Crippen MR) is 111 cm³/mol. The van der Waals surface area contributed by atoms with Gasteiger partial charge >= 0.3 is 17.9 Å². The molecule has 0 aliphatic heterocycles. The van der Waals surface area contributed by atoms with Crippen molar-refractivity contribution in [3.8, 4) is 0 Å². The Kier molecular flexibility index (Phi) is 71.1. The van der Waals surface area contributed by atoms with Crippen LogP contribution in [0.15, 0.2) is 24.3 Å². The number of allylic oxidation sites excluding steroid dienone is 3. The minimum absolute atomic E-state index is 0. The van der Waals surface area contributed by atoms with E-state index in [1.54, 1.807) is 19.9 Å². The number of methoxy groups -OCH3 is 2. The minimum Gasteiger partial charge on any atom is -0.478 e. The van der Waals surface area contributed by atoms with Gasteiger partial charge in [-0.3, -0.25) is 14.4 Å². The zero-order chi connectivity index (χ0) is 22.3. The molecule has 1 N–H and O–H groups in total. The van der Waals surface area contributed by atoms with Gasteiger partial charge < -0.3 is 38.5 Å². The number of carboxylic acid groups (broad SMARTS) is 1. The maximum absolute atomic E-state index is 10.6. The standard InChI is InChI=1S/C7H10O3.C5H7O3.C4H6O2.C2H4O.CH4.CH3.V.Y/c1-3-4-6(8)5-7(9)10-2;1-4(6)3-5(7)8-2;1-2-3-4(5)6;1-2-3;;;;/h3-4H,5H2,1-2H3;1,3H2,2H3;2-3H,1H3,(H,5,6);2H,1H3;1H4;1H3;;/q;-1;;;;-1;;/b4-3+;;3-2+;;;;;. The fourth-order valence-corrected chi connectivity index (χ4v) is 0.835. The van der Waals surface area contributed by atoms with Crippen molar-refractivity contribution >= 4 is 35.8 Å². The molecule has 0 atom stereocenters. The van der Waals surface area contributed by atoms with Crippen LogP contribution in [0, 0.1) is 14.4 Å². The molecule has 0 fully saturated rings. The van der Waals surface area contributed by atoms with Crippen molar-refractivity contribution in [3.63, 3.8) is 0 Å². The van der Waals surface area contributed by atoms with E-state index in [1.807, 2.05) is 0 Å². The van der Waals surface area contributed by atoms with Crippen LogP contribution < -0.4 is 0 Å². The molecule has 0 bridgehead atoms. The summed E-state index contributed by atoms with van der Waals surface area (Å²) >= 11 is 0. The Morgan fingerprint density at radius 3 is 1.35 bits per heavy atom. The van der Waals surface area contributed by atoms with Crippen molar-refractivity contribution in [2.45, 2.75) is 41.0 Å². The quantitative estimate of drug-likeness (QED) is 0.171. The Balaban J connectivity index is -0.0000000385. The van der Waals surface area contributed by atoms with E-state index in [-0.39, 0.29) is 84.7 Å². The molecule has 11 heteroatoms. The van der Waals surface area contributed by atoms with Gasteiger partial charge in [0.25, 0.3) is 0 Å². The summed E-state index contributed by atoms with van der Waals surface area (Å²) in [6.45, 7) is 7.81. The fraction of sp³-hybridized carbons (Fsp3) is 0.400. The summed E-state index contributed by atoms with van der Waals surface area (Å²) in [6, 6.07) is 0. The molecular weight excluding hydrogens is 524 g/mol. The number of esters is 2. The van der Waals surface area contributed by atoms with Crippen LogP contribution in [-0.4, -0.2) is 55.1 Å². The topological polar surface area (TPSA) is 141 Å². The predicted octanol–water partition coefficient (Wildman–Crippen LogP) is 2.58. The number of hydrogen-bond acceptors (Lipinski definition) is 8. The first-order valence-corrected chi connectivity index (χ1v) is 7.45. The number of hydrogen-bond donors (Lipinski definition) is 1. The zero-order valence-electron chi connectivity index (χ0n) is 18.2. The van der Waals surface area contributed by atoms with Crippen LogP contribution in [0.3, 0.4) is 0 Å². The summed E-state index contributed by atoms with van der Waals surface area (Å²) in [5.41, 5.74) is 0. The minimum atomic E-state index is -0.891. The van der Waals surface area contributed by atoms with Crippen LogP contribution in [-0.2, 0) is 89.5 Å². The molecule has 0 spiro atoms. The van der Waals surface area contributed by atoms with E-state index in [9.17, 15) is 24.0 Å².